The average Bonchev–Trinajstić information content (AvgIpc) is 1.98. The number of carbonyl (C=O) groups excluding carboxylic acids is 1. The fourth-order valence-electron chi connectivity index (χ4n) is 1.27. The van der Waals surface area contributed by atoms with E-state index < -0.39 is 0 Å². The molecule has 15 heavy (non-hydrogen) atoms. The Morgan fingerprint density at radius 2 is 1.80 bits per heavy atom. The van der Waals surface area contributed by atoms with Crippen molar-refractivity contribution in [2.24, 2.45) is 0 Å². The Morgan fingerprint density at radius 3 is 2.27 bits per heavy atom. The van der Waals surface area contributed by atoms with E-state index in [4.69, 9.17) is 23.2 Å². The molecule has 0 atom stereocenters. The second-order valence-corrected chi connectivity index (χ2v) is 4.55. The highest BCUT2D eigenvalue weighted by atomic mass is 35.5. The van der Waals surface area contributed by atoms with Crippen LogP contribution < -0.4 is 5.32 Å². The van der Waals surface area contributed by atoms with Crippen molar-refractivity contribution in [2.45, 2.75) is 26.3 Å². The maximum atomic E-state index is 11.4. The van der Waals surface area contributed by atoms with Crippen molar-refractivity contribution >= 4 is 29.1 Å². The fraction of sp³-hybridized carbons (Fsp3) is 0.364. The van der Waals surface area contributed by atoms with Gasteiger partial charge in [-0.2, -0.15) is 0 Å². The van der Waals surface area contributed by atoms with E-state index in [0.717, 1.165) is 5.56 Å². The van der Waals surface area contributed by atoms with E-state index in [1.807, 2.05) is 13.8 Å². The molecular weight excluding hydrogens is 233 g/mol. The number of carbonyl (C=O) groups is 1. The molecule has 0 aliphatic heterocycles. The van der Waals surface area contributed by atoms with Crippen molar-refractivity contribution in [1.29, 1.82) is 0 Å². The summed E-state index contributed by atoms with van der Waals surface area (Å²) in [6, 6.07) is 5.28. The highest BCUT2D eigenvalue weighted by Crippen LogP contribution is 2.19. The summed E-state index contributed by atoms with van der Waals surface area (Å²) in [5.41, 5.74) is 0.825. The highest BCUT2D eigenvalue weighted by Gasteiger charge is 2.06. The summed E-state index contributed by atoms with van der Waals surface area (Å²) in [7, 11) is 0. The quantitative estimate of drug-likeness (QED) is 0.872. The number of benzene rings is 1. The zero-order valence-corrected chi connectivity index (χ0v) is 10.2. The van der Waals surface area contributed by atoms with E-state index in [0.29, 0.717) is 16.5 Å². The van der Waals surface area contributed by atoms with Crippen LogP contribution in [0.25, 0.3) is 0 Å². The molecule has 82 valence electrons. The Morgan fingerprint density at radius 1 is 1.27 bits per heavy atom. The second kappa shape index (κ2) is 5.38. The van der Waals surface area contributed by atoms with Crippen molar-refractivity contribution in [3.8, 4) is 0 Å². The van der Waals surface area contributed by atoms with Crippen LogP contribution in [-0.4, -0.2) is 11.9 Å². The van der Waals surface area contributed by atoms with Crippen LogP contribution in [0.4, 0.5) is 0 Å². The standard InChI is InChI=1S/C11H13Cl2NO/c1-7(2)14-11(15)5-8-3-9(12)6-10(13)4-8/h3-4,6-7H,5H2,1-2H3,(H,14,15). The minimum atomic E-state index is -0.0247. The lowest BCUT2D eigenvalue weighted by molar-refractivity contribution is -0.120. The molecule has 0 aromatic heterocycles. The third-order valence-corrected chi connectivity index (χ3v) is 2.17. The zero-order chi connectivity index (χ0) is 11.4. The smallest absolute Gasteiger partial charge is 0.224 e. The molecule has 1 amide bonds. The molecule has 0 aliphatic rings. The van der Waals surface area contributed by atoms with Gasteiger partial charge in [0.2, 0.25) is 5.91 Å². The summed E-state index contributed by atoms with van der Waals surface area (Å²) in [6.07, 6.45) is 0.304. The summed E-state index contributed by atoms with van der Waals surface area (Å²) in [5, 5.41) is 3.91. The number of hydrogen-bond acceptors (Lipinski definition) is 1. The maximum Gasteiger partial charge on any atom is 0.224 e. The molecule has 0 spiro atoms. The molecule has 0 heterocycles. The maximum absolute atomic E-state index is 11.4. The van der Waals surface area contributed by atoms with Crippen molar-refractivity contribution < 1.29 is 4.79 Å². The van der Waals surface area contributed by atoms with Gasteiger partial charge in [-0.05, 0) is 37.6 Å². The third-order valence-electron chi connectivity index (χ3n) is 1.74. The molecule has 2 nitrogen and oxygen atoms in total. The lowest BCUT2D eigenvalue weighted by Crippen LogP contribution is -2.31. The lowest BCUT2D eigenvalue weighted by atomic mass is 10.1. The molecule has 0 bridgehead atoms. The molecule has 1 aromatic rings. The predicted octanol–water partition coefficient (Wildman–Crippen LogP) is 3.06. The Kier molecular flexibility index (Phi) is 4.43. The van der Waals surface area contributed by atoms with Gasteiger partial charge >= 0.3 is 0 Å². The molecular formula is C11H13Cl2NO. The Hall–Kier alpha value is -0.730. The first-order valence-corrected chi connectivity index (χ1v) is 5.47. The Balaban J connectivity index is 2.68. The van der Waals surface area contributed by atoms with Gasteiger partial charge in [0.05, 0.1) is 6.42 Å². The predicted molar refractivity (Wildman–Crippen MR) is 63.4 cm³/mol. The lowest BCUT2D eigenvalue weighted by Gasteiger charge is -2.08. The van der Waals surface area contributed by atoms with Gasteiger partial charge in [0.1, 0.15) is 0 Å². The topological polar surface area (TPSA) is 29.1 Å². The van der Waals surface area contributed by atoms with Gasteiger partial charge in [-0.25, -0.2) is 0 Å². The molecule has 0 saturated carbocycles. The van der Waals surface area contributed by atoms with Gasteiger partial charge in [0.25, 0.3) is 0 Å². The largest absolute Gasteiger partial charge is 0.354 e. The Bertz CT molecular complexity index is 343. The van der Waals surface area contributed by atoms with Gasteiger partial charge in [0, 0.05) is 16.1 Å². The van der Waals surface area contributed by atoms with E-state index in [2.05, 4.69) is 5.32 Å². The molecule has 1 aromatic carbocycles. The van der Waals surface area contributed by atoms with Crippen molar-refractivity contribution in [3.05, 3.63) is 33.8 Å². The summed E-state index contributed by atoms with van der Waals surface area (Å²) in [4.78, 5) is 11.4. The monoisotopic (exact) mass is 245 g/mol. The van der Waals surface area contributed by atoms with Crippen LogP contribution in [0.5, 0.6) is 0 Å². The first-order chi connectivity index (χ1) is 6.97. The summed E-state index contributed by atoms with van der Waals surface area (Å²) in [5.74, 6) is -0.0247. The summed E-state index contributed by atoms with van der Waals surface area (Å²) >= 11 is 11.6. The number of halogens is 2. The van der Waals surface area contributed by atoms with Crippen LogP contribution in [0.3, 0.4) is 0 Å². The third kappa shape index (κ3) is 4.54. The van der Waals surface area contributed by atoms with Crippen LogP contribution >= 0.6 is 23.2 Å². The summed E-state index contributed by atoms with van der Waals surface area (Å²) < 4.78 is 0. The number of amides is 1. The average molecular weight is 246 g/mol. The highest BCUT2D eigenvalue weighted by molar-refractivity contribution is 6.34. The van der Waals surface area contributed by atoms with Crippen LogP contribution in [0.15, 0.2) is 18.2 Å². The van der Waals surface area contributed by atoms with Crippen molar-refractivity contribution in [3.63, 3.8) is 0 Å². The van der Waals surface area contributed by atoms with Crippen molar-refractivity contribution in [2.75, 3.05) is 0 Å². The minimum Gasteiger partial charge on any atom is -0.354 e. The van der Waals surface area contributed by atoms with E-state index >= 15 is 0 Å². The molecule has 0 radical (unpaired) electrons. The van der Waals surface area contributed by atoms with Gasteiger partial charge in [-0.1, -0.05) is 23.2 Å². The van der Waals surface area contributed by atoms with Crippen LogP contribution in [0, 0.1) is 0 Å². The SMILES string of the molecule is CC(C)NC(=O)Cc1cc(Cl)cc(Cl)c1. The van der Waals surface area contributed by atoms with Gasteiger partial charge in [-0.15, -0.1) is 0 Å². The molecule has 0 fully saturated rings. The molecule has 0 unspecified atom stereocenters. The second-order valence-electron chi connectivity index (χ2n) is 3.68. The normalized spacial score (nSPS) is 10.5. The van der Waals surface area contributed by atoms with Crippen LogP contribution in [-0.2, 0) is 11.2 Å². The summed E-state index contributed by atoms with van der Waals surface area (Å²) in [6.45, 7) is 3.84. The Labute approximate surface area is 99.6 Å². The number of nitrogens with one attached hydrogen (secondary N) is 1. The van der Waals surface area contributed by atoms with Gasteiger partial charge in [-0.3, -0.25) is 4.79 Å². The van der Waals surface area contributed by atoms with E-state index in [1.165, 1.54) is 0 Å². The first-order valence-electron chi connectivity index (χ1n) is 4.71. The minimum absolute atomic E-state index is 0.0247. The molecule has 0 aliphatic carbocycles. The zero-order valence-electron chi connectivity index (χ0n) is 8.68. The van der Waals surface area contributed by atoms with Crippen molar-refractivity contribution in [1.82, 2.24) is 5.32 Å². The van der Waals surface area contributed by atoms with E-state index in [9.17, 15) is 4.79 Å². The molecule has 1 rings (SSSR count). The molecule has 0 saturated heterocycles. The number of hydrogen-bond donors (Lipinski definition) is 1. The first kappa shape index (κ1) is 12.3. The molecule has 1 N–H and O–H groups in total. The molecule has 4 heteroatoms. The van der Waals surface area contributed by atoms with Crippen LogP contribution in [0.1, 0.15) is 19.4 Å². The van der Waals surface area contributed by atoms with E-state index in [-0.39, 0.29) is 11.9 Å². The van der Waals surface area contributed by atoms with Crippen LogP contribution in [0.2, 0.25) is 10.0 Å². The number of rotatable bonds is 3. The van der Waals surface area contributed by atoms with E-state index in [1.54, 1.807) is 18.2 Å². The fourth-order valence-corrected chi connectivity index (χ4v) is 1.84. The van der Waals surface area contributed by atoms with Gasteiger partial charge < -0.3 is 5.32 Å². The van der Waals surface area contributed by atoms with Gasteiger partial charge in [0.15, 0.2) is 0 Å².